The topological polar surface area (TPSA) is 75.7 Å². The van der Waals surface area contributed by atoms with Gasteiger partial charge in [0.2, 0.25) is 0 Å². The van der Waals surface area contributed by atoms with Crippen LogP contribution in [0, 0.1) is 0 Å². The quantitative estimate of drug-likeness (QED) is 0.459. The van der Waals surface area contributed by atoms with Crippen LogP contribution in [0.1, 0.15) is 56.6 Å². The highest BCUT2D eigenvalue weighted by atomic mass is 35.5. The first-order chi connectivity index (χ1) is 11.6. The Kier molecular flexibility index (Phi) is 12.9. The van der Waals surface area contributed by atoms with Gasteiger partial charge in [-0.15, -0.1) is 12.4 Å². The van der Waals surface area contributed by atoms with Crippen molar-refractivity contribution in [1.82, 2.24) is 0 Å². The smallest absolute Gasteiger partial charge is 0.125 e. The fourth-order valence-corrected chi connectivity index (χ4v) is 2.52. The summed E-state index contributed by atoms with van der Waals surface area (Å²) in [6, 6.07) is 5.47. The van der Waals surface area contributed by atoms with Crippen LogP contribution in [-0.2, 0) is 13.1 Å². The molecule has 0 heterocycles. The number of aryl methyl sites for hydroxylation is 1. The molecule has 0 amide bonds. The van der Waals surface area contributed by atoms with E-state index < -0.39 is 12.2 Å². The molecule has 0 atom stereocenters. The van der Waals surface area contributed by atoms with Gasteiger partial charge in [-0.2, -0.15) is 0 Å². The number of unbranched alkanes of at least 4 members (excludes halogenated alkanes) is 4. The van der Waals surface area contributed by atoms with Crippen LogP contribution in [0.25, 0.3) is 0 Å². The molecule has 0 aliphatic rings. The Morgan fingerprint density at radius 1 is 1.12 bits per heavy atom. The minimum atomic E-state index is -0.996. The zero-order valence-corrected chi connectivity index (χ0v) is 16.0. The molecular weight excluding hydrogens is 345 g/mol. The summed E-state index contributed by atoms with van der Waals surface area (Å²) in [7, 11) is 0. The number of nitrogens with two attached hydrogens (primary N) is 1. The molecule has 0 aliphatic heterocycles. The average Bonchev–Trinajstić information content (AvgIpc) is 2.63. The summed E-state index contributed by atoms with van der Waals surface area (Å²) >= 11 is 0. The summed E-state index contributed by atoms with van der Waals surface area (Å²) < 4.78 is 19.0. The van der Waals surface area contributed by atoms with Crippen LogP contribution in [0.3, 0.4) is 0 Å². The van der Waals surface area contributed by atoms with Gasteiger partial charge in [0.15, 0.2) is 0 Å². The third-order valence-corrected chi connectivity index (χ3v) is 4.32. The Labute approximate surface area is 157 Å². The highest BCUT2D eigenvalue weighted by molar-refractivity contribution is 5.85. The number of hydrogen-bond donors (Lipinski definition) is 3. The minimum absolute atomic E-state index is 0. The molecule has 1 aromatic rings. The molecule has 1 rings (SSSR count). The molecular formula is C19H33ClFNO3. The van der Waals surface area contributed by atoms with Crippen molar-refractivity contribution in [2.24, 2.45) is 5.73 Å². The van der Waals surface area contributed by atoms with Gasteiger partial charge in [0.25, 0.3) is 0 Å². The van der Waals surface area contributed by atoms with Gasteiger partial charge < -0.3 is 20.7 Å². The largest absolute Gasteiger partial charge is 0.493 e. The van der Waals surface area contributed by atoms with Crippen molar-refractivity contribution in [3.8, 4) is 5.75 Å². The highest BCUT2D eigenvalue weighted by Crippen LogP contribution is 2.23. The van der Waals surface area contributed by atoms with Crippen molar-refractivity contribution >= 4 is 12.4 Å². The molecule has 0 aliphatic carbocycles. The monoisotopic (exact) mass is 377 g/mol. The van der Waals surface area contributed by atoms with E-state index in [0.29, 0.717) is 30.8 Å². The molecule has 0 saturated heterocycles. The Morgan fingerprint density at radius 3 is 2.40 bits per heavy atom. The third-order valence-electron chi connectivity index (χ3n) is 4.32. The summed E-state index contributed by atoms with van der Waals surface area (Å²) in [5, 5.41) is 18.4. The molecule has 4 N–H and O–H groups in total. The molecule has 0 spiro atoms. The molecule has 1 aromatic carbocycles. The third kappa shape index (κ3) is 8.86. The van der Waals surface area contributed by atoms with Crippen molar-refractivity contribution in [2.75, 3.05) is 19.8 Å². The molecule has 0 fully saturated rings. The van der Waals surface area contributed by atoms with Crippen LogP contribution in [0.15, 0.2) is 18.2 Å². The highest BCUT2D eigenvalue weighted by Gasteiger charge is 2.22. The van der Waals surface area contributed by atoms with E-state index in [-0.39, 0.29) is 25.6 Å². The van der Waals surface area contributed by atoms with Crippen molar-refractivity contribution in [3.63, 3.8) is 0 Å². The van der Waals surface area contributed by atoms with Gasteiger partial charge in [0, 0.05) is 5.56 Å². The van der Waals surface area contributed by atoms with Gasteiger partial charge in [-0.3, -0.25) is 0 Å². The summed E-state index contributed by atoms with van der Waals surface area (Å²) in [5.74, 6) is 0.597. The van der Waals surface area contributed by atoms with E-state index in [0.717, 1.165) is 18.4 Å². The zero-order valence-electron chi connectivity index (χ0n) is 15.2. The van der Waals surface area contributed by atoms with E-state index in [1.54, 1.807) is 12.1 Å². The maximum absolute atomic E-state index is 13.3. The predicted molar refractivity (Wildman–Crippen MR) is 102 cm³/mol. The lowest BCUT2D eigenvalue weighted by molar-refractivity contribution is 0.115. The second-order valence-corrected chi connectivity index (χ2v) is 6.52. The zero-order chi connectivity index (χ0) is 17.8. The Bertz CT molecular complexity index is 470. The summed E-state index contributed by atoms with van der Waals surface area (Å²) in [5.41, 5.74) is 6.33. The Morgan fingerprint density at radius 2 is 1.80 bits per heavy atom. The Balaban J connectivity index is 0.00000576. The molecule has 4 nitrogen and oxygen atoms in total. The van der Waals surface area contributed by atoms with Crippen LogP contribution < -0.4 is 10.5 Å². The van der Waals surface area contributed by atoms with Crippen LogP contribution in [0.5, 0.6) is 5.75 Å². The molecule has 0 radical (unpaired) electrons. The van der Waals surface area contributed by atoms with Crippen molar-refractivity contribution < 1.29 is 19.3 Å². The van der Waals surface area contributed by atoms with Gasteiger partial charge in [-0.05, 0) is 37.0 Å². The van der Waals surface area contributed by atoms with Crippen molar-refractivity contribution in [2.45, 2.75) is 64.1 Å². The number of aliphatic hydroxyl groups is 2. The fraction of sp³-hybridized carbons (Fsp3) is 0.684. The van der Waals surface area contributed by atoms with Crippen LogP contribution in [0.2, 0.25) is 0 Å². The molecule has 25 heavy (non-hydrogen) atoms. The minimum Gasteiger partial charge on any atom is -0.493 e. The normalized spacial score (nSPS) is 11.2. The fourth-order valence-electron chi connectivity index (χ4n) is 2.52. The van der Waals surface area contributed by atoms with E-state index in [1.807, 2.05) is 6.07 Å². The van der Waals surface area contributed by atoms with Gasteiger partial charge in [-0.1, -0.05) is 38.7 Å². The maximum Gasteiger partial charge on any atom is 0.125 e. The van der Waals surface area contributed by atoms with Gasteiger partial charge >= 0.3 is 0 Å². The lowest BCUT2D eigenvalue weighted by Gasteiger charge is -2.24. The lowest BCUT2D eigenvalue weighted by Crippen LogP contribution is -2.47. The number of ether oxygens (including phenoxy) is 1. The standard InChI is InChI=1S/C19H32FNO3.ClH/c1-2-3-4-5-6-11-24-18-8-7-16(12-17(18)13-20)9-10-19(21,14-22)15-23;/h7-8,12,22-23H,2-6,9-11,13-15,21H2,1H3;1H. The molecule has 6 heteroatoms. The van der Waals surface area contributed by atoms with E-state index >= 15 is 0 Å². The first kappa shape index (κ1) is 24.1. The number of benzene rings is 1. The van der Waals surface area contributed by atoms with E-state index in [9.17, 15) is 14.6 Å². The molecule has 0 bridgehead atoms. The molecule has 146 valence electrons. The second-order valence-electron chi connectivity index (χ2n) is 6.52. The Hall–Kier alpha value is -0.880. The van der Waals surface area contributed by atoms with Crippen LogP contribution in [0.4, 0.5) is 4.39 Å². The maximum atomic E-state index is 13.3. The first-order valence-electron chi connectivity index (χ1n) is 8.89. The lowest BCUT2D eigenvalue weighted by atomic mass is 9.93. The van der Waals surface area contributed by atoms with E-state index in [4.69, 9.17) is 10.5 Å². The second kappa shape index (κ2) is 13.3. The van der Waals surface area contributed by atoms with E-state index in [2.05, 4.69) is 6.92 Å². The number of alkyl halides is 1. The summed E-state index contributed by atoms with van der Waals surface area (Å²) in [4.78, 5) is 0. The molecule has 0 aromatic heterocycles. The molecule has 0 saturated carbocycles. The van der Waals surface area contributed by atoms with Gasteiger partial charge in [0.05, 0.1) is 25.4 Å². The van der Waals surface area contributed by atoms with Gasteiger partial charge in [0.1, 0.15) is 12.4 Å². The van der Waals surface area contributed by atoms with Gasteiger partial charge in [-0.25, -0.2) is 4.39 Å². The number of halogens is 2. The number of aliphatic hydroxyl groups excluding tert-OH is 2. The SMILES string of the molecule is CCCCCCCOc1ccc(CCC(N)(CO)CO)cc1CF.Cl. The van der Waals surface area contributed by atoms with Crippen LogP contribution in [-0.4, -0.2) is 35.6 Å². The van der Waals surface area contributed by atoms with Crippen molar-refractivity contribution in [1.29, 1.82) is 0 Å². The number of rotatable bonds is 13. The van der Waals surface area contributed by atoms with Crippen LogP contribution >= 0.6 is 12.4 Å². The first-order valence-corrected chi connectivity index (χ1v) is 8.89. The molecule has 0 unspecified atom stereocenters. The van der Waals surface area contributed by atoms with Crippen molar-refractivity contribution in [3.05, 3.63) is 29.3 Å². The van der Waals surface area contributed by atoms with E-state index in [1.165, 1.54) is 19.3 Å². The summed E-state index contributed by atoms with van der Waals surface area (Å²) in [6.45, 7) is 1.66. The predicted octanol–water partition coefficient (Wildman–Crippen LogP) is 3.54. The number of hydrogen-bond acceptors (Lipinski definition) is 4. The summed E-state index contributed by atoms with van der Waals surface area (Å²) in [6.07, 6.45) is 6.80. The average molecular weight is 378 g/mol.